The molecule has 2 saturated heterocycles. The van der Waals surface area contributed by atoms with Gasteiger partial charge in [0.25, 0.3) is 0 Å². The van der Waals surface area contributed by atoms with Gasteiger partial charge in [-0.2, -0.15) is 15.4 Å². The predicted molar refractivity (Wildman–Crippen MR) is 143 cm³/mol. The largest absolute Gasteiger partial charge is 0.461 e. The zero-order valence-corrected chi connectivity index (χ0v) is 23.3. The molecule has 0 bridgehead atoms. The molecule has 0 spiro atoms. The van der Waals surface area contributed by atoms with E-state index >= 15 is 0 Å². The second-order valence-corrected chi connectivity index (χ2v) is 12.1. The smallest absolute Gasteiger partial charge is 0.459 e. The summed E-state index contributed by atoms with van der Waals surface area (Å²) in [5, 5.41) is 40.5. The van der Waals surface area contributed by atoms with Crippen LogP contribution in [0, 0.1) is 11.3 Å². The Hall–Kier alpha value is -3.61. The number of rotatable bonds is 9. The molecule has 1 saturated carbocycles. The Bertz CT molecular complexity index is 1590. The van der Waals surface area contributed by atoms with Crippen molar-refractivity contribution in [2.75, 3.05) is 25.6 Å². The summed E-state index contributed by atoms with van der Waals surface area (Å²) in [4.78, 5) is 16.8. The fourth-order valence-electron chi connectivity index (χ4n) is 5.49. The predicted octanol–water partition coefficient (Wildman–Crippen LogP) is 0.809. The van der Waals surface area contributed by atoms with Gasteiger partial charge in [-0.25, -0.2) is 14.1 Å². The number of carbonyl (C=O) groups is 1. The number of para-hydroxylation sites is 1. The fourth-order valence-corrected chi connectivity index (χ4v) is 7.20. The van der Waals surface area contributed by atoms with Gasteiger partial charge < -0.3 is 34.7 Å². The lowest BCUT2D eigenvalue weighted by atomic mass is 9.91. The van der Waals surface area contributed by atoms with Crippen LogP contribution < -0.4 is 15.3 Å². The van der Waals surface area contributed by atoms with Crippen molar-refractivity contribution in [2.45, 2.75) is 54.8 Å². The van der Waals surface area contributed by atoms with Crippen LogP contribution in [0.15, 0.2) is 48.8 Å². The Kier molecular flexibility index (Phi) is 6.98. The molecule has 0 radical (unpaired) electrons. The lowest BCUT2D eigenvalue weighted by Crippen LogP contribution is -2.47. The number of nitrogens with one attached hydrogen (secondary N) is 1. The number of aliphatic hydroxyl groups is 2. The van der Waals surface area contributed by atoms with E-state index in [0.717, 1.165) is 0 Å². The summed E-state index contributed by atoms with van der Waals surface area (Å²) in [6.45, 7) is 1.80. The summed E-state index contributed by atoms with van der Waals surface area (Å²) in [5.74, 6) is -0.479. The SMILES string of the molecule is C[C@H](NP(=O)(Oc1ccccc1)OC1[C@]2(O)[C@](O)(c3ccc4c(N)ncnn34)CO[C@]12C#N)C(=O)OC1CCOCC1. The maximum Gasteiger partial charge on any atom is 0.459 e. The van der Waals surface area contributed by atoms with Gasteiger partial charge in [0.05, 0.1) is 25.5 Å². The van der Waals surface area contributed by atoms with Gasteiger partial charge in [0.15, 0.2) is 23.1 Å². The van der Waals surface area contributed by atoms with E-state index in [-0.39, 0.29) is 23.4 Å². The number of nitrogens with two attached hydrogens (primary N) is 1. The average molecular weight is 601 g/mol. The van der Waals surface area contributed by atoms with Crippen molar-refractivity contribution in [2.24, 2.45) is 0 Å². The number of anilines is 1. The molecule has 4 heterocycles. The highest BCUT2D eigenvalue weighted by Crippen LogP contribution is 2.69. The number of esters is 1. The zero-order valence-electron chi connectivity index (χ0n) is 22.5. The van der Waals surface area contributed by atoms with Crippen LogP contribution >= 0.6 is 7.75 Å². The van der Waals surface area contributed by atoms with E-state index in [1.807, 2.05) is 6.07 Å². The number of aromatic nitrogens is 3. The lowest BCUT2D eigenvalue weighted by Gasteiger charge is -2.30. The molecule has 1 aliphatic carbocycles. The van der Waals surface area contributed by atoms with Crippen LogP contribution in [0.4, 0.5) is 5.82 Å². The van der Waals surface area contributed by atoms with Gasteiger partial charge in [-0.05, 0) is 31.2 Å². The fraction of sp³-hybridized carbons (Fsp3) is 0.462. The molecule has 2 aromatic heterocycles. The van der Waals surface area contributed by atoms with Crippen LogP contribution in [-0.2, 0) is 33.7 Å². The minimum atomic E-state index is -4.57. The summed E-state index contributed by atoms with van der Waals surface area (Å²) in [7, 11) is -4.57. The first-order chi connectivity index (χ1) is 20.1. The molecule has 3 fully saturated rings. The first-order valence-electron chi connectivity index (χ1n) is 13.2. The molecule has 2 unspecified atom stereocenters. The number of ether oxygens (including phenoxy) is 3. The van der Waals surface area contributed by atoms with E-state index < -0.39 is 49.3 Å². The molecule has 222 valence electrons. The standard InChI is InChI=1S/C26H29N6O9P/c1-16(22(33)39-17-9-11-37-12-10-17)31-42(36,40-18-5-3-2-4-6-18)41-23-25(13-27)26(23,35)24(34,14-38-25)20-8-7-19-21(28)29-15-30-32(19)20/h2-8,15-17,23,34-35H,9-12,14H2,1H3,(H,31,36)(H2,28,29,30)/t16-,23?,24+,25+,26-,42?/m0/s1. The lowest BCUT2D eigenvalue weighted by molar-refractivity contribution is -0.154. The number of nitrogen functional groups attached to an aromatic ring is 1. The van der Waals surface area contributed by atoms with Crippen molar-refractivity contribution in [3.05, 3.63) is 54.5 Å². The van der Waals surface area contributed by atoms with Crippen LogP contribution in [0.2, 0.25) is 0 Å². The molecule has 5 N–H and O–H groups in total. The maximum atomic E-state index is 14.2. The number of fused-ring (bicyclic) bond motifs is 2. The van der Waals surface area contributed by atoms with E-state index in [4.69, 9.17) is 29.0 Å². The molecular weight excluding hydrogens is 571 g/mol. The molecule has 6 atom stereocenters. The first-order valence-corrected chi connectivity index (χ1v) is 14.8. The molecule has 42 heavy (non-hydrogen) atoms. The summed E-state index contributed by atoms with van der Waals surface area (Å²) in [5.41, 5.74) is -0.508. The van der Waals surface area contributed by atoms with Gasteiger partial charge in [0.2, 0.25) is 5.60 Å². The molecule has 6 rings (SSSR count). The van der Waals surface area contributed by atoms with Crippen molar-refractivity contribution in [3.8, 4) is 11.8 Å². The van der Waals surface area contributed by atoms with Crippen molar-refractivity contribution in [1.29, 1.82) is 5.26 Å². The molecule has 2 aliphatic heterocycles. The highest BCUT2D eigenvalue weighted by atomic mass is 31.2. The van der Waals surface area contributed by atoms with Crippen molar-refractivity contribution < 1.29 is 42.8 Å². The normalized spacial score (nSPS) is 31.0. The van der Waals surface area contributed by atoms with E-state index in [1.165, 1.54) is 42.0 Å². The second-order valence-electron chi connectivity index (χ2n) is 10.4. The highest BCUT2D eigenvalue weighted by molar-refractivity contribution is 7.52. The van der Waals surface area contributed by atoms with Crippen LogP contribution in [0.25, 0.3) is 5.52 Å². The molecule has 1 aromatic carbocycles. The van der Waals surface area contributed by atoms with Gasteiger partial charge in [-0.1, -0.05) is 18.2 Å². The quantitative estimate of drug-likeness (QED) is 0.198. The van der Waals surface area contributed by atoms with Crippen molar-refractivity contribution in [3.63, 3.8) is 0 Å². The van der Waals surface area contributed by atoms with Crippen molar-refractivity contribution in [1.82, 2.24) is 19.7 Å². The Morgan fingerprint density at radius 2 is 2.00 bits per heavy atom. The molecule has 3 aromatic rings. The number of hydrogen-bond acceptors (Lipinski definition) is 13. The minimum Gasteiger partial charge on any atom is -0.461 e. The number of benzene rings is 1. The number of carbonyl (C=O) groups excluding carboxylic acids is 1. The number of nitriles is 1. The highest BCUT2D eigenvalue weighted by Gasteiger charge is 2.94. The molecular formula is C26H29N6O9P. The summed E-state index contributed by atoms with van der Waals surface area (Å²) in [6.07, 6.45) is 0.162. The Morgan fingerprint density at radius 1 is 1.26 bits per heavy atom. The minimum absolute atomic E-state index is 0.0394. The van der Waals surface area contributed by atoms with Gasteiger partial charge in [0.1, 0.15) is 35.8 Å². The van der Waals surface area contributed by atoms with E-state index in [1.54, 1.807) is 18.2 Å². The maximum absolute atomic E-state index is 14.2. The van der Waals surface area contributed by atoms with E-state index in [2.05, 4.69) is 15.2 Å². The summed E-state index contributed by atoms with van der Waals surface area (Å²) < 4.78 is 43.5. The summed E-state index contributed by atoms with van der Waals surface area (Å²) >= 11 is 0. The Morgan fingerprint density at radius 3 is 2.71 bits per heavy atom. The topological polar surface area (TPSA) is 213 Å². The Labute approximate surface area is 239 Å². The van der Waals surface area contributed by atoms with Crippen molar-refractivity contribution >= 4 is 25.1 Å². The van der Waals surface area contributed by atoms with Crippen LogP contribution in [0.3, 0.4) is 0 Å². The van der Waals surface area contributed by atoms with Crippen LogP contribution in [-0.4, -0.2) is 80.1 Å². The van der Waals surface area contributed by atoms with Crippen LogP contribution in [0.5, 0.6) is 5.75 Å². The van der Waals surface area contributed by atoms with E-state index in [0.29, 0.717) is 31.6 Å². The van der Waals surface area contributed by atoms with Gasteiger partial charge in [0, 0.05) is 12.8 Å². The third-order valence-corrected chi connectivity index (χ3v) is 9.45. The third-order valence-electron chi connectivity index (χ3n) is 7.81. The molecule has 16 heteroatoms. The third kappa shape index (κ3) is 4.35. The molecule has 15 nitrogen and oxygen atoms in total. The molecule has 0 amide bonds. The second kappa shape index (κ2) is 10.3. The van der Waals surface area contributed by atoms with Gasteiger partial charge in [-0.15, -0.1) is 0 Å². The monoisotopic (exact) mass is 600 g/mol. The summed E-state index contributed by atoms with van der Waals surface area (Å²) in [6, 6.07) is 11.7. The van der Waals surface area contributed by atoms with Gasteiger partial charge in [-0.3, -0.25) is 9.32 Å². The van der Waals surface area contributed by atoms with Gasteiger partial charge >= 0.3 is 13.7 Å². The molecule has 3 aliphatic rings. The van der Waals surface area contributed by atoms with E-state index in [9.17, 15) is 24.8 Å². The average Bonchev–Trinajstić information content (AvgIpc) is 3.23. The Balaban J connectivity index is 1.30. The zero-order chi connectivity index (χ0) is 29.8. The number of hydrogen-bond donors (Lipinski definition) is 4. The van der Waals surface area contributed by atoms with Crippen LogP contribution in [0.1, 0.15) is 25.5 Å². The number of nitrogens with zero attached hydrogens (tertiary/aromatic N) is 4. The first kappa shape index (κ1) is 28.5.